The molecule has 0 atom stereocenters. The third-order valence-electron chi connectivity index (χ3n) is 25.1. The van der Waals surface area contributed by atoms with Crippen LogP contribution in [0.25, 0.3) is 165 Å². The first kappa shape index (κ1) is 50.7. The van der Waals surface area contributed by atoms with Gasteiger partial charge in [-0.2, -0.15) is 0 Å². The van der Waals surface area contributed by atoms with E-state index in [4.69, 9.17) is 11.6 Å². The average molecular weight is 1590 g/mol. The van der Waals surface area contributed by atoms with Crippen LogP contribution < -0.4 is 26.2 Å². The molecule has 16 aromatic carbocycles. The van der Waals surface area contributed by atoms with E-state index >= 15 is 0 Å². The van der Waals surface area contributed by atoms with Crippen LogP contribution in [-0.4, -0.2) is 25.0 Å². The number of anilines is 6. The molecule has 24 rings (SSSR count). The van der Waals surface area contributed by atoms with E-state index in [0.29, 0.717) is 60.8 Å². The summed E-state index contributed by atoms with van der Waals surface area (Å²) in [6.45, 7) is 25.3. The third-order valence-corrected chi connectivity index (χ3v) is 25.1. The molecule has 2 aliphatic rings. The Morgan fingerprint density at radius 3 is 0.967 bits per heavy atom. The van der Waals surface area contributed by atoms with E-state index < -0.39 is 152 Å². The van der Waals surface area contributed by atoms with Gasteiger partial charge in [-0.3, -0.25) is 0 Å². The van der Waals surface area contributed by atoms with Crippen molar-refractivity contribution in [2.45, 2.75) is 105 Å². The number of aromatic nitrogens is 4. The van der Waals surface area contributed by atoms with Crippen LogP contribution in [-0.2, 0) is 21.7 Å². The second-order valence-electron chi connectivity index (χ2n) is 36.3. The van der Waals surface area contributed by atoms with Crippen LogP contribution in [0.15, 0.2) is 330 Å². The molecule has 9 heteroatoms. The maximum atomic E-state index is 10.3. The van der Waals surface area contributed by atoms with E-state index in [1.54, 1.807) is 54.6 Å². The zero-order valence-electron chi connectivity index (χ0n) is 92.3. The summed E-state index contributed by atoms with van der Waals surface area (Å²) in [4.78, 5) is 4.02. The van der Waals surface area contributed by atoms with Crippen LogP contribution >= 0.6 is 0 Å². The molecule has 0 bridgehead atoms. The number of hydrogen-bond acceptors (Lipinski definition) is 4. The van der Waals surface area contributed by atoms with Crippen LogP contribution in [0.5, 0.6) is 0 Å². The predicted octanol–water partition coefficient (Wildman–Crippen LogP) is 28.8. The van der Waals surface area contributed by atoms with E-state index in [0.717, 1.165) is 66.3 Å². The van der Waals surface area contributed by atoms with Gasteiger partial charge >= 0.3 is 0 Å². The smallest absolute Gasteiger partial charge is 0.252 e. The molecule has 582 valence electrons. The summed E-state index contributed by atoms with van der Waals surface area (Å²) in [7, 11) is 0. The summed E-state index contributed by atoms with van der Waals surface area (Å²) in [5, 5.41) is 3.11. The normalized spacial score (nSPS) is 16.2. The minimum atomic E-state index is -0.975. The van der Waals surface area contributed by atoms with E-state index in [9.17, 15) is 30.2 Å². The Morgan fingerprint density at radius 2 is 0.570 bits per heavy atom. The summed E-state index contributed by atoms with van der Waals surface area (Å²) < 4.78 is 252. The van der Waals surface area contributed by atoms with Gasteiger partial charge in [0.2, 0.25) is 0 Å². The molecule has 0 N–H and O–H groups in total. The highest BCUT2D eigenvalue weighted by molar-refractivity contribution is 7.00. The summed E-state index contributed by atoms with van der Waals surface area (Å²) in [5.41, 5.74) is 11.5. The Labute approximate surface area is 736 Å². The Bertz CT molecular complexity index is 9460. The van der Waals surface area contributed by atoms with Crippen molar-refractivity contribution in [3.8, 4) is 33.9 Å². The first-order chi connectivity index (χ1) is 68.5. The number of para-hydroxylation sites is 10. The van der Waals surface area contributed by atoms with Crippen molar-refractivity contribution in [2.75, 3.05) is 9.80 Å². The van der Waals surface area contributed by atoms with E-state index in [2.05, 4.69) is 171 Å². The molecule has 2 aliphatic heterocycles. The molecule has 8 heterocycles. The molecule has 0 saturated heterocycles. The molecule has 0 saturated carbocycles. The maximum absolute atomic E-state index is 10.3. The lowest BCUT2D eigenvalue weighted by molar-refractivity contribution is 0.569. The van der Waals surface area contributed by atoms with Crippen LogP contribution in [0.2, 0.25) is 0 Å². The zero-order valence-corrected chi connectivity index (χ0v) is 68.3. The molecule has 121 heavy (non-hydrogen) atoms. The van der Waals surface area contributed by atoms with Gasteiger partial charge in [-0.25, -0.2) is 0 Å². The Kier molecular flexibility index (Phi) is 10.6. The first-order valence-electron chi connectivity index (χ1n) is 52.8. The van der Waals surface area contributed by atoms with Crippen molar-refractivity contribution in [1.29, 1.82) is 0 Å². The Hall–Kier alpha value is -14.0. The average Bonchev–Trinajstić information content (AvgIpc) is 1.63. The highest BCUT2D eigenvalue weighted by Crippen LogP contribution is 2.54. The second kappa shape index (κ2) is 25.3. The molecular formula is C112H89BN6O2. The van der Waals surface area contributed by atoms with E-state index in [-0.39, 0.29) is 132 Å². The Morgan fingerprint density at radius 1 is 0.240 bits per heavy atom. The standard InChI is InChI=1S/C112H89BN6O2/c1-109(2,3)68-50-55-94-84(61-68)85-62-69(110(4,5)6)51-56-95(85)117(94)97-46-26-36-81-82-37-27-47-98(107(82)121-106(81)97)118-100-59-66(67-57-70(111(7,8)9)60-71(58-67)112(10,11)12)49-53-86(100)113-87-54-52-72(114-88-39-19-13-29-74(88)75-30-14-20-40-89(75)114)63-101(87)119(103-65-73(64-102(118)104(103)113)115-90-41-21-15-31-76(90)77-32-16-22-42-91(77)115)99-48-28-38-83-80-35-25-45-96(105(80)120-108(83)99)116-92-43-23-17-33-78(92)79-34-18-24-44-93(79)116/h13-65H,1-12H3/i13D,14D,15D,16D,17D,18D,19D,20D,21D,22D,23D,24D,29D,30D,31D,32D,33D,34D,39D,40D,41D,42D,43D,44D. The van der Waals surface area contributed by atoms with Gasteiger partial charge in [0.25, 0.3) is 6.71 Å². The van der Waals surface area contributed by atoms with Gasteiger partial charge in [-0.15, -0.1) is 0 Å². The van der Waals surface area contributed by atoms with E-state index in [1.807, 2.05) is 47.4 Å². The van der Waals surface area contributed by atoms with Crippen LogP contribution in [0.3, 0.4) is 0 Å². The summed E-state index contributed by atoms with van der Waals surface area (Å²) in [6.07, 6.45) is 0. The topological polar surface area (TPSA) is 52.5 Å². The molecule has 0 radical (unpaired) electrons. The number of benzene rings is 16. The lowest BCUT2D eigenvalue weighted by Gasteiger charge is -2.44. The largest absolute Gasteiger partial charge is 0.452 e. The fourth-order valence-electron chi connectivity index (χ4n) is 19.1. The molecule has 22 aromatic rings. The molecule has 0 unspecified atom stereocenters. The lowest BCUT2D eigenvalue weighted by atomic mass is 9.33. The highest BCUT2D eigenvalue weighted by Gasteiger charge is 2.46. The van der Waals surface area contributed by atoms with Gasteiger partial charge in [0.05, 0.1) is 105 Å². The van der Waals surface area contributed by atoms with Crippen LogP contribution in [0.4, 0.5) is 34.1 Å². The zero-order chi connectivity index (χ0) is 103. The third kappa shape index (κ3) is 10.4. The van der Waals surface area contributed by atoms with Crippen LogP contribution in [0.1, 0.15) is 138 Å². The molecular weight excluding hydrogens is 1470 g/mol. The van der Waals surface area contributed by atoms with Gasteiger partial charge in [0.1, 0.15) is 0 Å². The van der Waals surface area contributed by atoms with Crippen LogP contribution in [0, 0.1) is 0 Å². The van der Waals surface area contributed by atoms with Crippen molar-refractivity contribution in [3.63, 3.8) is 0 Å². The van der Waals surface area contributed by atoms with Crippen molar-refractivity contribution in [1.82, 2.24) is 18.3 Å². The van der Waals surface area contributed by atoms with Crippen molar-refractivity contribution < 1.29 is 41.7 Å². The first-order valence-corrected chi connectivity index (χ1v) is 40.8. The minimum Gasteiger partial charge on any atom is -0.452 e. The summed E-state index contributed by atoms with van der Waals surface area (Å²) >= 11 is 0. The number of fused-ring (bicyclic) bond motifs is 22. The molecule has 0 amide bonds. The fraction of sp³-hybridized carbons (Fsp3) is 0.143. The highest BCUT2D eigenvalue weighted by atomic mass is 16.3. The predicted molar refractivity (Wildman–Crippen MR) is 513 cm³/mol. The molecule has 0 fully saturated rings. The van der Waals surface area contributed by atoms with Crippen molar-refractivity contribution in [2.24, 2.45) is 0 Å². The lowest BCUT2D eigenvalue weighted by Crippen LogP contribution is -2.61. The van der Waals surface area contributed by atoms with Crippen molar-refractivity contribution >= 4 is 188 Å². The van der Waals surface area contributed by atoms with Crippen molar-refractivity contribution in [3.05, 3.63) is 343 Å². The number of rotatable bonds is 7. The molecule has 0 aliphatic carbocycles. The second-order valence-corrected chi connectivity index (χ2v) is 36.3. The number of hydrogen-bond donors (Lipinski definition) is 0. The van der Waals surface area contributed by atoms with Gasteiger partial charge in [0, 0.05) is 93.1 Å². The van der Waals surface area contributed by atoms with Gasteiger partial charge in [-0.05, 0) is 187 Å². The minimum absolute atomic E-state index is 0.0495. The van der Waals surface area contributed by atoms with Gasteiger partial charge in [0.15, 0.2) is 22.3 Å². The monoisotopic (exact) mass is 1580 g/mol. The summed E-state index contributed by atoms with van der Waals surface area (Å²) in [6, 6.07) is 42.9. The molecule has 8 nitrogen and oxygen atoms in total. The Balaban J connectivity index is 0.888. The van der Waals surface area contributed by atoms with Gasteiger partial charge in [-0.1, -0.05) is 289 Å². The molecule has 0 spiro atoms. The summed E-state index contributed by atoms with van der Waals surface area (Å²) in [5.74, 6) is 0. The number of nitrogens with zero attached hydrogens (tertiary/aromatic N) is 6. The quantitative estimate of drug-likeness (QED) is 0.149. The van der Waals surface area contributed by atoms with Gasteiger partial charge < -0.3 is 36.9 Å². The van der Waals surface area contributed by atoms with E-state index in [1.165, 1.54) is 13.7 Å². The maximum Gasteiger partial charge on any atom is 0.252 e. The number of furan rings is 2. The fourth-order valence-corrected chi connectivity index (χ4v) is 19.1. The molecule has 6 aromatic heterocycles. The SMILES string of the molecule is [2H]c1c([2H])c([2H])c2c(c1[2H])c1c([2H])c([2H])c([2H])c([2H])c1n2-c1ccc2c(c1)N(c1cccc3c1oc1c(-n4c5c([2H])c([2H])c([2H])c([2H])c5c5c([2H])c([2H])c([2H])c([2H])c54)cccc13)c1cc(-n3c4c([2H])c([2H])c([2H])c([2H])c4c4c([2H])c([2H])c([2H])c([2H])c43)cc3c1B2c1ccc(-c2cc(C(C)(C)C)cc(C(C)(C)C)c2)cc1N3c1cccc2c1oc1c(-n3c4ccc(C(C)(C)C)cc4c4cc(C(C)(C)C)ccc43)cccc12.